The largest absolute Gasteiger partial charge is 0.508 e. The van der Waals surface area contributed by atoms with E-state index in [1.165, 1.54) is 0 Å². The van der Waals surface area contributed by atoms with Crippen molar-refractivity contribution in [2.75, 3.05) is 10.6 Å². The van der Waals surface area contributed by atoms with Crippen molar-refractivity contribution in [3.63, 3.8) is 0 Å². The van der Waals surface area contributed by atoms with Gasteiger partial charge in [0.2, 0.25) is 0 Å². The molecule has 2 amide bonds. The molecule has 0 saturated carbocycles. The van der Waals surface area contributed by atoms with Gasteiger partial charge in [-0.25, -0.2) is 9.48 Å². The molecule has 0 saturated heterocycles. The van der Waals surface area contributed by atoms with Gasteiger partial charge in [-0.2, -0.15) is 5.10 Å². The molecule has 0 bridgehead atoms. The number of urea groups is 1. The van der Waals surface area contributed by atoms with Gasteiger partial charge in [0.15, 0.2) is 0 Å². The zero-order valence-corrected chi connectivity index (χ0v) is 16.1. The van der Waals surface area contributed by atoms with Gasteiger partial charge in [0.05, 0.1) is 11.4 Å². The zero-order valence-electron chi connectivity index (χ0n) is 15.3. The van der Waals surface area contributed by atoms with E-state index in [9.17, 15) is 9.90 Å². The van der Waals surface area contributed by atoms with Crippen molar-refractivity contribution in [2.24, 2.45) is 0 Å². The Kier molecular flexibility index (Phi) is 5.10. The first kappa shape index (κ1) is 18.8. The summed E-state index contributed by atoms with van der Waals surface area (Å²) in [6.45, 7) is 6.15. The fourth-order valence-electron chi connectivity index (χ4n) is 2.44. The summed E-state index contributed by atoms with van der Waals surface area (Å²) in [4.78, 5) is 12.4. The molecule has 0 atom stereocenters. The number of aromatic hydroxyl groups is 1. The summed E-state index contributed by atoms with van der Waals surface area (Å²) in [6.07, 6.45) is 0. The minimum atomic E-state index is -0.391. The van der Waals surface area contributed by atoms with Gasteiger partial charge in [-0.05, 0) is 48.5 Å². The van der Waals surface area contributed by atoms with Crippen LogP contribution in [0.1, 0.15) is 26.5 Å². The van der Waals surface area contributed by atoms with Crippen LogP contribution in [0.4, 0.5) is 16.3 Å². The highest BCUT2D eigenvalue weighted by Gasteiger charge is 2.21. The van der Waals surface area contributed by atoms with Crippen molar-refractivity contribution in [3.05, 3.63) is 65.3 Å². The number of anilines is 2. The first-order valence-corrected chi connectivity index (χ1v) is 8.84. The molecular formula is C20H21ClN4O2. The van der Waals surface area contributed by atoms with Crippen LogP contribution in [0.15, 0.2) is 54.6 Å². The molecule has 27 heavy (non-hydrogen) atoms. The maximum absolute atomic E-state index is 12.4. The molecule has 0 unspecified atom stereocenters. The van der Waals surface area contributed by atoms with E-state index < -0.39 is 6.03 Å². The van der Waals surface area contributed by atoms with Gasteiger partial charge in [0.25, 0.3) is 0 Å². The number of nitrogens with zero attached hydrogens (tertiary/aromatic N) is 2. The minimum Gasteiger partial charge on any atom is -0.508 e. The Morgan fingerprint density at radius 2 is 1.67 bits per heavy atom. The summed E-state index contributed by atoms with van der Waals surface area (Å²) in [7, 11) is 0. The average molecular weight is 385 g/mol. The number of hydrogen-bond acceptors (Lipinski definition) is 3. The molecule has 1 aromatic heterocycles. The fourth-order valence-corrected chi connectivity index (χ4v) is 2.57. The van der Waals surface area contributed by atoms with E-state index in [1.54, 1.807) is 53.2 Å². The number of carbonyl (C=O) groups excluding carboxylic acids is 1. The van der Waals surface area contributed by atoms with Gasteiger partial charge >= 0.3 is 6.03 Å². The van der Waals surface area contributed by atoms with Crippen LogP contribution in [0.2, 0.25) is 5.02 Å². The van der Waals surface area contributed by atoms with E-state index >= 15 is 0 Å². The van der Waals surface area contributed by atoms with Crippen LogP contribution in [-0.4, -0.2) is 20.9 Å². The van der Waals surface area contributed by atoms with E-state index in [1.807, 2.05) is 26.8 Å². The van der Waals surface area contributed by atoms with Crippen LogP contribution < -0.4 is 10.6 Å². The molecule has 0 aliphatic carbocycles. The lowest BCUT2D eigenvalue weighted by Crippen LogP contribution is -2.21. The predicted octanol–water partition coefficient (Wildman–Crippen LogP) is 5.17. The Balaban J connectivity index is 1.88. The van der Waals surface area contributed by atoms with E-state index in [0.29, 0.717) is 16.5 Å². The third-order valence-electron chi connectivity index (χ3n) is 3.92. The van der Waals surface area contributed by atoms with Gasteiger partial charge in [-0.3, -0.25) is 5.32 Å². The molecule has 3 rings (SSSR count). The zero-order chi connectivity index (χ0) is 19.6. The molecule has 0 spiro atoms. The molecule has 2 aromatic carbocycles. The van der Waals surface area contributed by atoms with E-state index in [-0.39, 0.29) is 11.2 Å². The number of phenolic OH excluding ortho intramolecular Hbond substituents is 1. The fraction of sp³-hybridized carbons (Fsp3) is 0.200. The summed E-state index contributed by atoms with van der Waals surface area (Å²) >= 11 is 5.87. The van der Waals surface area contributed by atoms with Crippen LogP contribution in [0.25, 0.3) is 5.69 Å². The highest BCUT2D eigenvalue weighted by Crippen LogP contribution is 2.27. The Hall–Kier alpha value is -2.99. The number of carbonyl (C=O) groups is 1. The van der Waals surface area contributed by atoms with Crippen LogP contribution >= 0.6 is 11.6 Å². The standard InChI is InChI=1S/C20H21ClN4O2/c1-20(2,3)17-12-18(25(24-17)15-8-10-16(26)11-9-15)23-19(27)22-14-6-4-13(21)5-7-14/h4-12,26H,1-3H3,(H2,22,23,27). The number of amides is 2. The first-order chi connectivity index (χ1) is 12.7. The monoisotopic (exact) mass is 384 g/mol. The Bertz CT molecular complexity index is 942. The van der Waals surface area contributed by atoms with Gasteiger partial charge < -0.3 is 10.4 Å². The van der Waals surface area contributed by atoms with Crippen LogP contribution in [0.5, 0.6) is 5.75 Å². The maximum atomic E-state index is 12.4. The SMILES string of the molecule is CC(C)(C)c1cc(NC(=O)Nc2ccc(Cl)cc2)n(-c2ccc(O)cc2)n1. The molecule has 0 radical (unpaired) electrons. The number of nitrogens with one attached hydrogen (secondary N) is 2. The number of aromatic nitrogens is 2. The van der Waals surface area contributed by atoms with Gasteiger partial charge in [-0.15, -0.1) is 0 Å². The van der Waals surface area contributed by atoms with Crippen molar-refractivity contribution < 1.29 is 9.90 Å². The summed E-state index contributed by atoms with van der Waals surface area (Å²) in [6, 6.07) is 14.9. The Morgan fingerprint density at radius 1 is 1.04 bits per heavy atom. The number of rotatable bonds is 3. The number of benzene rings is 2. The lowest BCUT2D eigenvalue weighted by Gasteiger charge is -2.14. The number of hydrogen-bond donors (Lipinski definition) is 3. The van der Waals surface area contributed by atoms with Crippen molar-refractivity contribution in [3.8, 4) is 11.4 Å². The Labute approximate surface area is 162 Å². The predicted molar refractivity (Wildman–Crippen MR) is 108 cm³/mol. The highest BCUT2D eigenvalue weighted by molar-refractivity contribution is 6.30. The molecule has 6 nitrogen and oxygen atoms in total. The van der Waals surface area contributed by atoms with Crippen molar-refractivity contribution >= 4 is 29.1 Å². The second-order valence-electron chi connectivity index (χ2n) is 7.18. The second-order valence-corrected chi connectivity index (χ2v) is 7.62. The third-order valence-corrected chi connectivity index (χ3v) is 4.17. The van der Waals surface area contributed by atoms with Crippen molar-refractivity contribution in [1.82, 2.24) is 9.78 Å². The molecule has 0 aliphatic rings. The lowest BCUT2D eigenvalue weighted by molar-refractivity contribution is 0.262. The molecule has 1 heterocycles. The number of halogens is 1. The quantitative estimate of drug-likeness (QED) is 0.582. The molecule has 7 heteroatoms. The molecule has 3 N–H and O–H groups in total. The first-order valence-electron chi connectivity index (χ1n) is 8.46. The topological polar surface area (TPSA) is 79.2 Å². The van der Waals surface area contributed by atoms with Crippen molar-refractivity contribution in [1.29, 1.82) is 0 Å². The smallest absolute Gasteiger partial charge is 0.324 e. The molecule has 0 aliphatic heterocycles. The molecule has 3 aromatic rings. The summed E-state index contributed by atoms with van der Waals surface area (Å²) < 4.78 is 1.64. The summed E-state index contributed by atoms with van der Waals surface area (Å²) in [5.41, 5.74) is 2.00. The van der Waals surface area contributed by atoms with E-state index in [0.717, 1.165) is 11.4 Å². The highest BCUT2D eigenvalue weighted by atomic mass is 35.5. The number of phenols is 1. The average Bonchev–Trinajstić information content (AvgIpc) is 3.02. The van der Waals surface area contributed by atoms with E-state index in [4.69, 9.17) is 11.6 Å². The van der Waals surface area contributed by atoms with E-state index in [2.05, 4.69) is 15.7 Å². The van der Waals surface area contributed by atoms with Gasteiger partial charge in [-0.1, -0.05) is 32.4 Å². The van der Waals surface area contributed by atoms with Crippen LogP contribution in [-0.2, 0) is 5.41 Å². The summed E-state index contributed by atoms with van der Waals surface area (Å²) in [5, 5.41) is 20.3. The molecule has 0 fully saturated rings. The summed E-state index contributed by atoms with van der Waals surface area (Å²) in [5.74, 6) is 0.689. The lowest BCUT2D eigenvalue weighted by atomic mass is 9.92. The third kappa shape index (κ3) is 4.60. The molecule has 140 valence electrons. The molecular weight excluding hydrogens is 364 g/mol. The van der Waals surface area contributed by atoms with Crippen molar-refractivity contribution in [2.45, 2.75) is 26.2 Å². The maximum Gasteiger partial charge on any atom is 0.324 e. The van der Waals surface area contributed by atoms with Crippen LogP contribution in [0.3, 0.4) is 0 Å². The minimum absolute atomic E-state index is 0.164. The Morgan fingerprint density at radius 3 is 2.26 bits per heavy atom. The van der Waals surface area contributed by atoms with Gasteiger partial charge in [0.1, 0.15) is 11.6 Å². The normalized spacial score (nSPS) is 11.3. The van der Waals surface area contributed by atoms with Gasteiger partial charge in [0, 0.05) is 22.2 Å². The van der Waals surface area contributed by atoms with Crippen LogP contribution in [0, 0.1) is 0 Å². The second kappa shape index (κ2) is 7.32.